The van der Waals surface area contributed by atoms with Gasteiger partial charge in [0.25, 0.3) is 0 Å². The second-order valence-corrected chi connectivity index (χ2v) is 0. The summed E-state index contributed by atoms with van der Waals surface area (Å²) in [5.74, 6) is 0. The van der Waals surface area contributed by atoms with Gasteiger partial charge in [-0.05, 0) is 0 Å². The van der Waals surface area contributed by atoms with E-state index in [1.54, 1.807) is 0 Å². The van der Waals surface area contributed by atoms with Gasteiger partial charge in [0.05, 0.1) is 0 Å². The molecule has 0 unspecified atom stereocenters. The molecule has 0 aliphatic carbocycles. The Hall–Kier alpha value is 0.986. The van der Waals surface area contributed by atoms with Crippen molar-refractivity contribution in [3.63, 3.8) is 0 Å². The molecule has 0 fully saturated rings. The van der Waals surface area contributed by atoms with Crippen molar-refractivity contribution < 1.29 is 33.8 Å². The van der Waals surface area contributed by atoms with Crippen molar-refractivity contribution >= 4 is 0 Å². The van der Waals surface area contributed by atoms with Crippen LogP contribution in [0.5, 0.6) is 0 Å². The molecule has 3 heteroatoms. The summed E-state index contributed by atoms with van der Waals surface area (Å²) in [6, 6.07) is 0. The van der Waals surface area contributed by atoms with Crippen LogP contribution < -0.4 is 6.15 Å². The van der Waals surface area contributed by atoms with Gasteiger partial charge >= 0.3 is 0 Å². The maximum absolute atomic E-state index is 0. The van der Waals surface area contributed by atoms with E-state index in [0.29, 0.717) is 0 Å². The minimum atomic E-state index is 0. The summed E-state index contributed by atoms with van der Waals surface area (Å²) in [6.45, 7) is 0. The fourth-order valence-corrected chi connectivity index (χ4v) is 0. The fourth-order valence-electron chi connectivity index (χ4n) is 0. The van der Waals surface area contributed by atoms with E-state index in [0.717, 1.165) is 0 Å². The van der Waals surface area contributed by atoms with Gasteiger partial charge in [-0.3, -0.25) is 0 Å². The number of hydrogen-bond donors (Lipinski definition) is 1. The van der Waals surface area contributed by atoms with E-state index in [1.165, 1.54) is 0 Å². The Morgan fingerprint density at radius 2 is 1.00 bits per heavy atom. The first kappa shape index (κ1) is 81.5. The monoisotopic (exact) mass is 155 g/mol. The molecule has 0 aromatic rings. The van der Waals surface area contributed by atoms with Crippen LogP contribution >= 0.6 is 0 Å². The molecule has 0 saturated heterocycles. The van der Waals surface area contributed by atoms with Crippen molar-refractivity contribution in [1.29, 1.82) is 0 Å². The van der Waals surface area contributed by atoms with Crippen LogP contribution in [-0.4, -0.2) is 0 Å². The van der Waals surface area contributed by atoms with Crippen molar-refractivity contribution in [3.05, 3.63) is 0 Å². The average Bonchev–Trinajstić information content (AvgIpc) is 0. The molecule has 0 aliphatic heterocycles. The third-order valence-electron chi connectivity index (χ3n) is 0. The van der Waals surface area contributed by atoms with Gasteiger partial charge in [-0.25, -0.2) is 0 Å². The topological polar surface area (TPSA) is 35.0 Å². The summed E-state index contributed by atoms with van der Waals surface area (Å²) in [4.78, 5) is 0. The number of rotatable bonds is 0. The molecule has 0 aromatic carbocycles. The Kier molecular flexibility index (Phi) is 745. The van der Waals surface area contributed by atoms with Crippen molar-refractivity contribution in [2.24, 2.45) is 0 Å². The Balaban J connectivity index is 0. The van der Waals surface area contributed by atoms with E-state index in [9.17, 15) is 0 Å². The van der Waals surface area contributed by atoms with E-state index in [-0.39, 0.29) is 47.4 Å². The molecule has 4 heavy (non-hydrogen) atoms. The predicted molar refractivity (Wildman–Crippen MR) is 11.8 cm³/mol. The van der Waals surface area contributed by atoms with Gasteiger partial charge in [0.2, 0.25) is 0 Å². The average molecular weight is 156 g/mol. The summed E-state index contributed by atoms with van der Waals surface area (Å²) in [6.07, 6.45) is 0. The van der Waals surface area contributed by atoms with Gasteiger partial charge in [0.15, 0.2) is 0 Å². The van der Waals surface area contributed by atoms with Crippen LogP contribution in [0.25, 0.3) is 0 Å². The van der Waals surface area contributed by atoms with Crippen LogP contribution in [0, 0.1) is 0 Å². The predicted octanol–water partition coefficient (Wildman–Crippen LogP) is 0.793. The molecule has 0 aliphatic rings. The Bertz CT molecular complexity index is 8.00. The molecule has 0 rings (SSSR count). The van der Waals surface area contributed by atoms with Crippen LogP contribution in [0.1, 0.15) is 7.43 Å². The summed E-state index contributed by atoms with van der Waals surface area (Å²) in [7, 11) is 0. The fraction of sp³-hybridized carbons (Fsp3) is 1.00. The smallest absolute Gasteiger partial charge is 0 e. The van der Waals surface area contributed by atoms with E-state index < -0.39 is 0 Å². The first-order valence-corrected chi connectivity index (χ1v) is 0. The standard InChI is InChI=1S/CH4.Co.Cu.H3N/h1H4;;;1H3. The van der Waals surface area contributed by atoms with Crippen molar-refractivity contribution in [1.82, 2.24) is 6.15 Å². The van der Waals surface area contributed by atoms with Gasteiger partial charge in [0.1, 0.15) is 0 Å². The number of hydrogen-bond acceptors (Lipinski definition) is 1. The molecule has 0 spiro atoms. The summed E-state index contributed by atoms with van der Waals surface area (Å²) < 4.78 is 0. The largest absolute Gasteiger partial charge is 0.344 e. The Morgan fingerprint density at radius 1 is 1.00 bits per heavy atom. The minimum absolute atomic E-state index is 0. The molecule has 36 valence electrons. The molecular weight excluding hydrogens is 148 g/mol. The Morgan fingerprint density at radius 3 is 1.00 bits per heavy atom. The summed E-state index contributed by atoms with van der Waals surface area (Å²) in [5, 5.41) is 0. The molecule has 2 radical (unpaired) electrons. The third-order valence-corrected chi connectivity index (χ3v) is 0. The Labute approximate surface area is 47.8 Å². The molecule has 0 atom stereocenters. The molecule has 0 bridgehead atoms. The molecule has 0 heterocycles. The van der Waals surface area contributed by atoms with Crippen LogP contribution in [0.2, 0.25) is 0 Å². The molecule has 3 N–H and O–H groups in total. The van der Waals surface area contributed by atoms with Gasteiger partial charge in [-0.1, -0.05) is 7.43 Å². The zero-order valence-corrected chi connectivity index (χ0v) is 3.32. The van der Waals surface area contributed by atoms with Crippen molar-refractivity contribution in [3.8, 4) is 0 Å². The van der Waals surface area contributed by atoms with E-state index >= 15 is 0 Å². The first-order chi connectivity index (χ1) is 0. The molecular formula is CH7CoCuN. The zero-order valence-electron chi connectivity index (χ0n) is 1.34. The van der Waals surface area contributed by atoms with Gasteiger partial charge in [-0.15, -0.1) is 0 Å². The minimum Gasteiger partial charge on any atom is -0.344 e. The summed E-state index contributed by atoms with van der Waals surface area (Å²) >= 11 is 0. The molecule has 0 saturated carbocycles. The molecule has 1 nitrogen and oxygen atoms in total. The van der Waals surface area contributed by atoms with Crippen molar-refractivity contribution in [2.45, 2.75) is 7.43 Å². The van der Waals surface area contributed by atoms with Crippen LogP contribution in [-0.2, 0) is 33.8 Å². The summed E-state index contributed by atoms with van der Waals surface area (Å²) in [5.41, 5.74) is 0. The second kappa shape index (κ2) is 36.6. The van der Waals surface area contributed by atoms with E-state index in [4.69, 9.17) is 0 Å². The van der Waals surface area contributed by atoms with Gasteiger partial charge in [-0.2, -0.15) is 0 Å². The van der Waals surface area contributed by atoms with Crippen LogP contribution in [0.3, 0.4) is 0 Å². The normalized spacial score (nSPS) is 0. The van der Waals surface area contributed by atoms with Crippen molar-refractivity contribution in [2.75, 3.05) is 0 Å². The first-order valence-electron chi connectivity index (χ1n) is 0. The van der Waals surface area contributed by atoms with E-state index in [1.807, 2.05) is 0 Å². The molecule has 0 aromatic heterocycles. The molecule has 0 amide bonds. The van der Waals surface area contributed by atoms with Gasteiger partial charge < -0.3 is 6.15 Å². The second-order valence-electron chi connectivity index (χ2n) is 0. The SMILES string of the molecule is C.N.[Co].[Cu]. The third kappa shape index (κ3) is 12.1. The van der Waals surface area contributed by atoms with E-state index in [2.05, 4.69) is 0 Å². The maximum atomic E-state index is 0. The maximum Gasteiger partial charge on any atom is 0 e. The zero-order chi connectivity index (χ0) is 0. The van der Waals surface area contributed by atoms with Gasteiger partial charge in [0, 0.05) is 33.8 Å². The quantitative estimate of drug-likeness (QED) is 0.516. The van der Waals surface area contributed by atoms with Crippen LogP contribution in [0.15, 0.2) is 0 Å². The van der Waals surface area contributed by atoms with Crippen LogP contribution in [0.4, 0.5) is 0 Å².